The van der Waals surface area contributed by atoms with E-state index in [1.165, 1.54) is 10.5 Å². The van der Waals surface area contributed by atoms with Crippen LogP contribution in [0.4, 0.5) is 5.69 Å². The van der Waals surface area contributed by atoms with E-state index in [9.17, 15) is 19.5 Å². The first-order valence-corrected chi connectivity index (χ1v) is 17.1. The minimum atomic E-state index is -1.13. The quantitative estimate of drug-likeness (QED) is 0.124. The Kier molecular flexibility index (Phi) is 10.5. The second kappa shape index (κ2) is 15.5. The minimum absolute atomic E-state index is 0.0735. The second-order valence-corrected chi connectivity index (χ2v) is 12.6. The molecule has 0 atom stereocenters. The lowest BCUT2D eigenvalue weighted by Gasteiger charge is -2.21. The Morgan fingerprint density at radius 2 is 1.32 bits per heavy atom. The van der Waals surface area contributed by atoms with Crippen LogP contribution in [0.25, 0.3) is 34.0 Å². The number of anilines is 1. The highest BCUT2D eigenvalue weighted by Gasteiger charge is 2.20. The van der Waals surface area contributed by atoms with Crippen LogP contribution in [0.2, 0.25) is 0 Å². The van der Waals surface area contributed by atoms with Crippen LogP contribution in [0.15, 0.2) is 131 Å². The molecule has 0 bridgehead atoms. The maximum atomic E-state index is 13.4. The number of hydrogen-bond acceptors (Lipinski definition) is 7. The number of carbonyl (C=O) groups excluding carboxylic acids is 2. The third-order valence-electron chi connectivity index (χ3n) is 8.08. The summed E-state index contributed by atoms with van der Waals surface area (Å²) in [6.07, 6.45) is 2.22. The van der Waals surface area contributed by atoms with E-state index in [2.05, 4.69) is 46.6 Å². The van der Waals surface area contributed by atoms with Gasteiger partial charge in [-0.25, -0.2) is 0 Å². The van der Waals surface area contributed by atoms with Crippen molar-refractivity contribution in [2.45, 2.75) is 24.8 Å². The lowest BCUT2D eigenvalue weighted by molar-refractivity contribution is -0.137. The van der Waals surface area contributed by atoms with Crippen molar-refractivity contribution in [3.8, 4) is 34.0 Å². The largest absolute Gasteiger partial charge is 0.480 e. The van der Waals surface area contributed by atoms with E-state index in [0.29, 0.717) is 28.5 Å². The van der Waals surface area contributed by atoms with Gasteiger partial charge in [0.05, 0.1) is 6.42 Å². The van der Waals surface area contributed by atoms with Gasteiger partial charge in [0.25, 0.3) is 11.8 Å². The van der Waals surface area contributed by atoms with Crippen LogP contribution in [0, 0.1) is 6.92 Å². The Morgan fingerprint density at radius 1 is 0.740 bits per heavy atom. The molecule has 1 heterocycles. The number of nitrogens with zero attached hydrogens (tertiary/aromatic N) is 3. The van der Waals surface area contributed by atoms with Gasteiger partial charge in [-0.2, -0.15) is 4.98 Å². The van der Waals surface area contributed by atoms with Gasteiger partial charge in [-0.05, 0) is 84.0 Å². The van der Waals surface area contributed by atoms with E-state index in [0.717, 1.165) is 32.7 Å². The molecule has 0 radical (unpaired) electrons. The van der Waals surface area contributed by atoms with Gasteiger partial charge in [0.1, 0.15) is 6.54 Å². The van der Waals surface area contributed by atoms with Crippen molar-refractivity contribution < 1.29 is 24.0 Å². The third kappa shape index (κ3) is 8.53. The highest BCUT2D eigenvalue weighted by Crippen LogP contribution is 2.27. The van der Waals surface area contributed by atoms with Gasteiger partial charge in [-0.1, -0.05) is 83.5 Å². The number of aryl methyl sites for hydroxylation is 1. The van der Waals surface area contributed by atoms with Crippen LogP contribution in [0.3, 0.4) is 0 Å². The van der Waals surface area contributed by atoms with E-state index < -0.39 is 18.4 Å². The highest BCUT2D eigenvalue weighted by atomic mass is 32.2. The molecule has 0 spiro atoms. The Hall–Kier alpha value is -6.00. The van der Waals surface area contributed by atoms with Gasteiger partial charge in [-0.15, -0.1) is 11.8 Å². The van der Waals surface area contributed by atoms with E-state index in [4.69, 9.17) is 4.52 Å². The molecule has 6 aromatic rings. The smallest absolute Gasteiger partial charge is 0.323 e. The van der Waals surface area contributed by atoms with E-state index in [1.807, 2.05) is 66.9 Å². The van der Waals surface area contributed by atoms with Crippen molar-refractivity contribution in [3.05, 3.63) is 144 Å². The lowest BCUT2D eigenvalue weighted by Crippen LogP contribution is -2.35. The molecule has 2 N–H and O–H groups in total. The van der Waals surface area contributed by atoms with Crippen molar-refractivity contribution in [1.29, 1.82) is 0 Å². The first-order chi connectivity index (χ1) is 24.2. The first kappa shape index (κ1) is 33.9. The number of aliphatic carboxylic acids is 1. The fraction of sp³-hybridized carbons (Fsp3) is 0.125. The van der Waals surface area contributed by atoms with Crippen LogP contribution in [-0.4, -0.2) is 50.7 Å². The standard InChI is InChI=1S/C40H34N4O5S/c1-26-3-9-29(10-4-26)30-13-15-32(16-14-30)39-42-38(43-49-39)31-11-5-28(6-12-31)24-44(25-37(46)47)40(48)33-17-19-34(20-18-33)41-36(45)23-27-7-21-35(50-2)22-8-27/h3-22H,23-25H2,1-2H3,(H,41,45)(H,46,47). The van der Waals surface area contributed by atoms with Gasteiger partial charge in [0.15, 0.2) is 0 Å². The summed E-state index contributed by atoms with van der Waals surface area (Å²) in [4.78, 5) is 44.6. The summed E-state index contributed by atoms with van der Waals surface area (Å²) in [5, 5.41) is 16.5. The summed E-state index contributed by atoms with van der Waals surface area (Å²) in [6.45, 7) is 1.65. The number of carbonyl (C=O) groups is 3. The predicted molar refractivity (Wildman–Crippen MR) is 195 cm³/mol. The summed E-state index contributed by atoms with van der Waals surface area (Å²) < 4.78 is 5.55. The highest BCUT2D eigenvalue weighted by molar-refractivity contribution is 7.98. The molecule has 5 aromatic carbocycles. The SMILES string of the molecule is CSc1ccc(CC(=O)Nc2ccc(C(=O)N(CC(=O)O)Cc3ccc(-c4noc(-c5ccc(-c6ccc(C)cc6)cc5)n4)cc3)cc2)cc1. The average molecular weight is 683 g/mol. The molecule has 2 amide bonds. The Labute approximate surface area is 294 Å². The molecular weight excluding hydrogens is 649 g/mol. The fourth-order valence-corrected chi connectivity index (χ4v) is 5.77. The maximum absolute atomic E-state index is 13.4. The Bertz CT molecular complexity index is 2090. The molecular formula is C40H34N4O5S. The number of nitrogens with one attached hydrogen (secondary N) is 1. The summed E-state index contributed by atoms with van der Waals surface area (Å²) in [7, 11) is 0. The van der Waals surface area contributed by atoms with Gasteiger partial charge in [0.2, 0.25) is 11.7 Å². The fourth-order valence-electron chi connectivity index (χ4n) is 5.36. The first-order valence-electron chi connectivity index (χ1n) is 15.9. The van der Waals surface area contributed by atoms with E-state index >= 15 is 0 Å². The van der Waals surface area contributed by atoms with Gasteiger partial charge in [-0.3, -0.25) is 14.4 Å². The summed E-state index contributed by atoms with van der Waals surface area (Å²) in [5.41, 5.74) is 7.40. The summed E-state index contributed by atoms with van der Waals surface area (Å²) in [5.74, 6) is -0.950. The molecule has 0 saturated heterocycles. The molecule has 1 aromatic heterocycles. The van der Waals surface area contributed by atoms with Crippen LogP contribution >= 0.6 is 11.8 Å². The summed E-state index contributed by atoms with van der Waals surface area (Å²) >= 11 is 1.64. The normalized spacial score (nSPS) is 10.8. The van der Waals surface area contributed by atoms with Crippen LogP contribution in [0.1, 0.15) is 27.0 Å². The molecule has 0 aliphatic heterocycles. The lowest BCUT2D eigenvalue weighted by atomic mass is 10.0. The van der Waals surface area contributed by atoms with E-state index in [-0.39, 0.29) is 18.9 Å². The Balaban J connectivity index is 1.08. The third-order valence-corrected chi connectivity index (χ3v) is 8.82. The number of benzene rings is 5. The molecule has 10 heteroatoms. The molecule has 0 unspecified atom stereocenters. The molecule has 250 valence electrons. The molecule has 0 fully saturated rings. The molecule has 0 aliphatic rings. The van der Waals surface area contributed by atoms with Crippen molar-refractivity contribution in [1.82, 2.24) is 15.0 Å². The Morgan fingerprint density at radius 3 is 1.94 bits per heavy atom. The summed E-state index contributed by atoms with van der Waals surface area (Å²) in [6, 6.07) is 37.7. The van der Waals surface area contributed by atoms with Crippen LogP contribution in [0.5, 0.6) is 0 Å². The molecule has 6 rings (SSSR count). The van der Waals surface area contributed by atoms with E-state index in [1.54, 1.807) is 48.2 Å². The number of carboxylic acids is 1. The zero-order valence-electron chi connectivity index (χ0n) is 27.5. The number of amides is 2. The number of carboxylic acid groups (broad SMARTS) is 1. The number of thioether (sulfide) groups is 1. The van der Waals surface area contributed by atoms with Crippen molar-refractivity contribution in [2.24, 2.45) is 0 Å². The molecule has 9 nitrogen and oxygen atoms in total. The number of hydrogen-bond donors (Lipinski definition) is 2. The monoisotopic (exact) mass is 682 g/mol. The second-order valence-electron chi connectivity index (χ2n) is 11.8. The van der Waals surface area contributed by atoms with Crippen LogP contribution < -0.4 is 5.32 Å². The van der Waals surface area contributed by atoms with Crippen molar-refractivity contribution in [3.63, 3.8) is 0 Å². The zero-order chi connectivity index (χ0) is 35.0. The van der Waals surface area contributed by atoms with Crippen molar-refractivity contribution in [2.75, 3.05) is 18.1 Å². The maximum Gasteiger partial charge on any atom is 0.323 e. The molecule has 50 heavy (non-hydrogen) atoms. The minimum Gasteiger partial charge on any atom is -0.480 e. The number of aromatic nitrogens is 2. The zero-order valence-corrected chi connectivity index (χ0v) is 28.3. The molecule has 0 saturated carbocycles. The van der Waals surface area contributed by atoms with Gasteiger partial charge >= 0.3 is 5.97 Å². The number of rotatable bonds is 12. The average Bonchev–Trinajstić information content (AvgIpc) is 3.63. The van der Waals surface area contributed by atoms with Crippen LogP contribution in [-0.2, 0) is 22.6 Å². The van der Waals surface area contributed by atoms with Crippen molar-refractivity contribution >= 4 is 35.2 Å². The topological polar surface area (TPSA) is 126 Å². The molecule has 0 aliphatic carbocycles. The van der Waals surface area contributed by atoms with Gasteiger partial charge in [0, 0.05) is 33.8 Å². The predicted octanol–water partition coefficient (Wildman–Crippen LogP) is 8.01. The van der Waals surface area contributed by atoms with Gasteiger partial charge < -0.3 is 19.8 Å².